The molecule has 7 nitrogen and oxygen atoms in total. The number of hydrogen-bond acceptors (Lipinski definition) is 5. The number of pyridine rings is 1. The summed E-state index contributed by atoms with van der Waals surface area (Å²) in [7, 11) is -2.43. The van der Waals surface area contributed by atoms with Gasteiger partial charge in [-0.05, 0) is 19.9 Å². The summed E-state index contributed by atoms with van der Waals surface area (Å²) in [6.07, 6.45) is -4.05. The van der Waals surface area contributed by atoms with Crippen LogP contribution in [0.1, 0.15) is 17.0 Å². The van der Waals surface area contributed by atoms with Crippen molar-refractivity contribution in [3.05, 3.63) is 34.2 Å². The number of hydrazine groups is 1. The first-order chi connectivity index (χ1) is 10.9. The maximum Gasteiger partial charge on any atom is 0.417 e. The molecule has 2 N–H and O–H groups in total. The maximum absolute atomic E-state index is 12.5. The number of hydrogen-bond donors (Lipinski definition) is 2. The fraction of sp³-hybridized carbons (Fsp3) is 0.333. The Hall–Kier alpha value is -1.85. The molecule has 0 aliphatic carbocycles. The molecule has 0 saturated carbocycles. The monoisotopic (exact) mass is 383 g/mol. The second kappa shape index (κ2) is 6.22. The smallest absolute Gasteiger partial charge is 0.291 e. The van der Waals surface area contributed by atoms with Gasteiger partial charge in [-0.1, -0.05) is 11.6 Å². The number of nitrogens with one attached hydrogen (secondary N) is 2. The van der Waals surface area contributed by atoms with E-state index in [0.29, 0.717) is 18.0 Å². The van der Waals surface area contributed by atoms with E-state index in [2.05, 4.69) is 15.5 Å². The van der Waals surface area contributed by atoms with Crippen molar-refractivity contribution >= 4 is 27.4 Å². The van der Waals surface area contributed by atoms with Crippen LogP contribution in [0.5, 0.6) is 0 Å². The SMILES string of the molecule is Cc1nn(C)c(C)c1S(=O)(=O)NNc1ncc(C(F)(F)F)cc1Cl. The fourth-order valence-corrected chi connectivity index (χ4v) is 3.49. The summed E-state index contributed by atoms with van der Waals surface area (Å²) in [5, 5.41) is 3.61. The highest BCUT2D eigenvalue weighted by molar-refractivity contribution is 7.89. The minimum Gasteiger partial charge on any atom is -0.291 e. The van der Waals surface area contributed by atoms with Gasteiger partial charge in [0, 0.05) is 13.2 Å². The van der Waals surface area contributed by atoms with Gasteiger partial charge in [0.1, 0.15) is 4.90 Å². The van der Waals surface area contributed by atoms with E-state index in [0.717, 1.165) is 0 Å². The van der Waals surface area contributed by atoms with E-state index in [1.165, 1.54) is 11.6 Å². The van der Waals surface area contributed by atoms with Crippen molar-refractivity contribution in [2.24, 2.45) is 7.05 Å². The lowest BCUT2D eigenvalue weighted by Gasteiger charge is -2.12. The third-order valence-corrected chi connectivity index (χ3v) is 4.97. The van der Waals surface area contributed by atoms with Crippen LogP contribution in [0.25, 0.3) is 0 Å². The highest BCUT2D eigenvalue weighted by Crippen LogP contribution is 2.32. The van der Waals surface area contributed by atoms with Gasteiger partial charge in [-0.25, -0.2) is 13.4 Å². The molecular formula is C12H13ClF3N5O2S. The second-order valence-electron chi connectivity index (χ2n) is 4.91. The van der Waals surface area contributed by atoms with Crippen LogP contribution < -0.4 is 10.3 Å². The number of anilines is 1. The van der Waals surface area contributed by atoms with Crippen LogP contribution in [-0.4, -0.2) is 23.2 Å². The molecule has 0 bridgehead atoms. The first-order valence-corrected chi connectivity index (χ1v) is 8.30. The van der Waals surface area contributed by atoms with E-state index in [1.807, 2.05) is 4.83 Å². The highest BCUT2D eigenvalue weighted by Gasteiger charge is 2.32. The largest absolute Gasteiger partial charge is 0.417 e. The van der Waals surface area contributed by atoms with Crippen molar-refractivity contribution in [2.75, 3.05) is 5.43 Å². The molecule has 2 heterocycles. The third-order valence-electron chi connectivity index (χ3n) is 3.18. The van der Waals surface area contributed by atoms with Crippen LogP contribution >= 0.6 is 11.6 Å². The molecule has 0 fully saturated rings. The zero-order chi connectivity index (χ0) is 18.3. The zero-order valence-electron chi connectivity index (χ0n) is 12.7. The van der Waals surface area contributed by atoms with Crippen molar-refractivity contribution in [2.45, 2.75) is 24.9 Å². The summed E-state index contributed by atoms with van der Waals surface area (Å²) in [5.74, 6) is -0.257. The van der Waals surface area contributed by atoms with E-state index in [9.17, 15) is 21.6 Å². The van der Waals surface area contributed by atoms with Crippen molar-refractivity contribution in [1.29, 1.82) is 0 Å². The fourth-order valence-electron chi connectivity index (χ4n) is 1.99. The predicted molar refractivity (Wildman–Crippen MR) is 80.9 cm³/mol. The molecule has 12 heteroatoms. The van der Waals surface area contributed by atoms with Crippen LogP contribution in [0.15, 0.2) is 17.2 Å². The minimum absolute atomic E-state index is 0.0412. The Morgan fingerprint density at radius 2 is 1.92 bits per heavy atom. The lowest BCUT2D eigenvalue weighted by molar-refractivity contribution is -0.137. The van der Waals surface area contributed by atoms with E-state index in [-0.39, 0.29) is 21.4 Å². The number of rotatable bonds is 4. The summed E-state index contributed by atoms with van der Waals surface area (Å²) in [5.41, 5.74) is 1.84. The Balaban J connectivity index is 2.24. The molecule has 24 heavy (non-hydrogen) atoms. The standard InChI is InChI=1S/C12H13ClF3N5O2S/c1-6-10(7(2)21(3)19-6)24(22,23)20-18-11-9(13)4-8(5-17-11)12(14,15)16/h4-5,20H,1-3H3,(H,17,18). The molecular weight excluding hydrogens is 371 g/mol. The van der Waals surface area contributed by atoms with Crippen molar-refractivity contribution in [1.82, 2.24) is 19.6 Å². The number of alkyl halides is 3. The zero-order valence-corrected chi connectivity index (χ0v) is 14.3. The number of aryl methyl sites for hydroxylation is 2. The Morgan fingerprint density at radius 1 is 1.29 bits per heavy atom. The minimum atomic E-state index is -4.60. The van der Waals surface area contributed by atoms with Crippen LogP contribution in [0.2, 0.25) is 5.02 Å². The quantitative estimate of drug-likeness (QED) is 0.791. The van der Waals surface area contributed by atoms with Gasteiger partial charge < -0.3 is 0 Å². The molecule has 0 aliphatic rings. The molecule has 0 aromatic carbocycles. The average molecular weight is 384 g/mol. The van der Waals surface area contributed by atoms with Crippen LogP contribution in [0, 0.1) is 13.8 Å². The summed E-state index contributed by atoms with van der Waals surface area (Å²) in [4.78, 5) is 5.47. The molecule has 0 saturated heterocycles. The molecule has 2 aromatic heterocycles. The average Bonchev–Trinajstić information content (AvgIpc) is 2.70. The normalized spacial score (nSPS) is 12.5. The highest BCUT2D eigenvalue weighted by atomic mass is 35.5. The first kappa shape index (κ1) is 18.5. The van der Waals surface area contributed by atoms with Crippen molar-refractivity contribution in [3.8, 4) is 0 Å². The van der Waals surface area contributed by atoms with Gasteiger partial charge in [-0.2, -0.15) is 18.3 Å². The second-order valence-corrected chi connectivity index (χ2v) is 6.93. The molecule has 0 radical (unpaired) electrons. The lowest BCUT2D eigenvalue weighted by atomic mass is 10.3. The number of sulfonamides is 1. The van der Waals surface area contributed by atoms with Crippen molar-refractivity contribution in [3.63, 3.8) is 0 Å². The number of nitrogens with zero attached hydrogens (tertiary/aromatic N) is 3. The Kier molecular flexibility index (Phi) is 4.79. The van der Waals surface area contributed by atoms with Gasteiger partial charge in [0.2, 0.25) is 0 Å². The Morgan fingerprint density at radius 3 is 2.38 bits per heavy atom. The predicted octanol–water partition coefficient (Wildman–Crippen LogP) is 2.41. The van der Waals surface area contributed by atoms with E-state index in [1.54, 1.807) is 14.0 Å². The van der Waals surface area contributed by atoms with Gasteiger partial charge >= 0.3 is 6.18 Å². The summed E-state index contributed by atoms with van der Waals surface area (Å²) >= 11 is 5.70. The van der Waals surface area contributed by atoms with Crippen molar-refractivity contribution < 1.29 is 21.6 Å². The lowest BCUT2D eigenvalue weighted by Crippen LogP contribution is -2.31. The topological polar surface area (TPSA) is 88.9 Å². The molecule has 0 spiro atoms. The molecule has 2 rings (SSSR count). The first-order valence-electron chi connectivity index (χ1n) is 6.44. The van der Waals surface area contributed by atoms with Gasteiger partial charge in [-0.3, -0.25) is 10.1 Å². The Bertz CT molecular complexity index is 880. The van der Waals surface area contributed by atoms with Gasteiger partial charge in [0.25, 0.3) is 10.0 Å². The number of halogens is 4. The van der Waals surface area contributed by atoms with Crippen LogP contribution in [0.4, 0.5) is 19.0 Å². The molecule has 132 valence electrons. The Labute approximate surface area is 140 Å². The summed E-state index contributed by atoms with van der Waals surface area (Å²) in [6, 6.07) is 0.645. The summed E-state index contributed by atoms with van der Waals surface area (Å²) in [6.45, 7) is 3.09. The molecule has 0 atom stereocenters. The van der Waals surface area contributed by atoms with Gasteiger partial charge in [0.15, 0.2) is 5.82 Å². The number of aromatic nitrogens is 3. The van der Waals surface area contributed by atoms with Gasteiger partial charge in [0.05, 0.1) is 22.0 Å². The molecule has 0 amide bonds. The van der Waals surface area contributed by atoms with Crippen LogP contribution in [0.3, 0.4) is 0 Å². The van der Waals surface area contributed by atoms with Crippen LogP contribution in [-0.2, 0) is 23.2 Å². The molecule has 0 aliphatic heterocycles. The van der Waals surface area contributed by atoms with E-state index >= 15 is 0 Å². The third kappa shape index (κ3) is 3.62. The molecule has 0 unspecified atom stereocenters. The summed E-state index contributed by atoms with van der Waals surface area (Å²) < 4.78 is 63.7. The van der Waals surface area contributed by atoms with Gasteiger partial charge in [-0.15, -0.1) is 4.83 Å². The van der Waals surface area contributed by atoms with E-state index < -0.39 is 21.8 Å². The maximum atomic E-state index is 12.5. The van der Waals surface area contributed by atoms with E-state index in [4.69, 9.17) is 11.6 Å². The molecule has 2 aromatic rings.